The van der Waals surface area contributed by atoms with E-state index in [1.54, 1.807) is 0 Å². The van der Waals surface area contributed by atoms with Crippen LogP contribution in [0.5, 0.6) is 0 Å². The zero-order valence-corrected chi connectivity index (χ0v) is 12.3. The van der Waals surface area contributed by atoms with Gasteiger partial charge in [-0.25, -0.2) is 0 Å². The van der Waals surface area contributed by atoms with Gasteiger partial charge in [0.1, 0.15) is 0 Å². The first-order valence-electron chi connectivity index (χ1n) is 6.59. The van der Waals surface area contributed by atoms with Crippen molar-refractivity contribution in [3.8, 4) is 0 Å². The van der Waals surface area contributed by atoms with Crippen LogP contribution >= 0.6 is 11.6 Å². The topological polar surface area (TPSA) is 29.3 Å². The summed E-state index contributed by atoms with van der Waals surface area (Å²) in [6, 6.07) is 15.8. The summed E-state index contributed by atoms with van der Waals surface area (Å²) in [7, 11) is 2.08. The monoisotopic (exact) mass is 286 g/mol. The second-order valence-electron chi connectivity index (χ2n) is 4.85. The predicted molar refractivity (Wildman–Crippen MR) is 87.7 cm³/mol. The van der Waals surface area contributed by atoms with Gasteiger partial charge in [-0.2, -0.15) is 0 Å². The normalized spacial score (nSPS) is 11.3. The van der Waals surface area contributed by atoms with Crippen LogP contribution in [0.3, 0.4) is 0 Å². The Morgan fingerprint density at radius 3 is 2.50 bits per heavy atom. The number of rotatable bonds is 5. The first-order chi connectivity index (χ1) is 9.65. The Labute approximate surface area is 125 Å². The Kier molecular flexibility index (Phi) is 5.22. The highest BCUT2D eigenvalue weighted by Gasteiger charge is 2.01. The van der Waals surface area contributed by atoms with Crippen molar-refractivity contribution < 1.29 is 0 Å². The van der Waals surface area contributed by atoms with E-state index < -0.39 is 0 Å². The minimum Gasteiger partial charge on any atom is -0.398 e. The molecule has 2 rings (SSSR count). The van der Waals surface area contributed by atoms with Crippen molar-refractivity contribution in [2.45, 2.75) is 6.54 Å². The summed E-state index contributed by atoms with van der Waals surface area (Å²) in [5, 5.41) is 0.763. The number of anilines is 1. The highest BCUT2D eigenvalue weighted by molar-refractivity contribution is 6.30. The standard InChI is InChI=1S/C17H19ClN2/c1-20(13-15-6-2-3-7-17(15)19)12-4-5-14-8-10-16(18)11-9-14/h2-11H,12-13,19H2,1H3/b5-4+. The second-order valence-corrected chi connectivity index (χ2v) is 5.29. The number of benzene rings is 2. The number of halogens is 1. The number of nitrogen functional groups attached to an aromatic ring is 1. The van der Waals surface area contributed by atoms with Gasteiger partial charge < -0.3 is 5.73 Å². The summed E-state index contributed by atoms with van der Waals surface area (Å²) in [6.45, 7) is 1.72. The molecule has 2 nitrogen and oxygen atoms in total. The van der Waals surface area contributed by atoms with Crippen LogP contribution in [-0.2, 0) is 6.54 Å². The van der Waals surface area contributed by atoms with Gasteiger partial charge in [-0.05, 0) is 36.4 Å². The van der Waals surface area contributed by atoms with Gasteiger partial charge in [0.2, 0.25) is 0 Å². The highest BCUT2D eigenvalue weighted by Crippen LogP contribution is 2.13. The molecule has 0 heterocycles. The van der Waals surface area contributed by atoms with Crippen LogP contribution in [0.4, 0.5) is 5.69 Å². The van der Waals surface area contributed by atoms with E-state index >= 15 is 0 Å². The first-order valence-corrected chi connectivity index (χ1v) is 6.97. The Bertz CT molecular complexity index is 576. The maximum absolute atomic E-state index is 5.95. The van der Waals surface area contributed by atoms with E-state index in [0.29, 0.717) is 0 Å². The molecule has 0 amide bonds. The molecule has 20 heavy (non-hydrogen) atoms. The molecule has 0 saturated heterocycles. The van der Waals surface area contributed by atoms with E-state index in [1.807, 2.05) is 42.5 Å². The summed E-state index contributed by atoms with van der Waals surface area (Å²) < 4.78 is 0. The largest absolute Gasteiger partial charge is 0.398 e. The fourth-order valence-electron chi connectivity index (χ4n) is 1.98. The molecule has 2 aromatic rings. The van der Waals surface area contributed by atoms with Crippen LogP contribution in [0.15, 0.2) is 54.6 Å². The third kappa shape index (κ3) is 4.41. The van der Waals surface area contributed by atoms with Gasteiger partial charge in [-0.3, -0.25) is 4.90 Å². The van der Waals surface area contributed by atoms with Crippen molar-refractivity contribution in [3.05, 3.63) is 70.8 Å². The number of para-hydroxylation sites is 1. The number of likely N-dealkylation sites (N-methyl/N-ethyl adjacent to an activating group) is 1. The molecule has 0 saturated carbocycles. The van der Waals surface area contributed by atoms with Crippen molar-refractivity contribution in [1.82, 2.24) is 4.90 Å². The van der Waals surface area contributed by atoms with E-state index in [2.05, 4.69) is 30.2 Å². The number of nitrogens with zero attached hydrogens (tertiary/aromatic N) is 1. The fraction of sp³-hybridized carbons (Fsp3) is 0.176. The maximum Gasteiger partial charge on any atom is 0.0406 e. The van der Waals surface area contributed by atoms with E-state index in [1.165, 1.54) is 0 Å². The van der Waals surface area contributed by atoms with Gasteiger partial charge in [0.05, 0.1) is 0 Å². The van der Waals surface area contributed by atoms with E-state index in [0.717, 1.165) is 34.9 Å². The minimum atomic E-state index is 0.763. The van der Waals surface area contributed by atoms with Crippen LogP contribution in [-0.4, -0.2) is 18.5 Å². The molecule has 0 radical (unpaired) electrons. The van der Waals surface area contributed by atoms with Crippen LogP contribution in [0.2, 0.25) is 5.02 Å². The summed E-state index contributed by atoms with van der Waals surface area (Å²) in [4.78, 5) is 2.22. The molecular formula is C17H19ClN2. The van der Waals surface area contributed by atoms with Gasteiger partial charge in [0.15, 0.2) is 0 Å². The third-order valence-corrected chi connectivity index (χ3v) is 3.34. The van der Waals surface area contributed by atoms with Gasteiger partial charge in [0.25, 0.3) is 0 Å². The van der Waals surface area contributed by atoms with Gasteiger partial charge in [-0.1, -0.05) is 54.1 Å². The molecule has 2 N–H and O–H groups in total. The lowest BCUT2D eigenvalue weighted by Gasteiger charge is -2.15. The molecule has 0 spiro atoms. The Hall–Kier alpha value is -1.77. The summed E-state index contributed by atoms with van der Waals surface area (Å²) >= 11 is 5.86. The van der Waals surface area contributed by atoms with Gasteiger partial charge >= 0.3 is 0 Å². The lowest BCUT2D eigenvalue weighted by molar-refractivity contribution is 0.364. The lowest BCUT2D eigenvalue weighted by atomic mass is 10.1. The summed E-state index contributed by atoms with van der Waals surface area (Å²) in [5.41, 5.74) is 9.11. The average molecular weight is 287 g/mol. The smallest absolute Gasteiger partial charge is 0.0406 e. The molecule has 0 aliphatic carbocycles. The Balaban J connectivity index is 1.87. The predicted octanol–water partition coefficient (Wildman–Crippen LogP) is 4.07. The number of nitrogens with two attached hydrogens (primary N) is 1. The lowest BCUT2D eigenvalue weighted by Crippen LogP contribution is -2.18. The van der Waals surface area contributed by atoms with E-state index in [-0.39, 0.29) is 0 Å². The van der Waals surface area contributed by atoms with Crippen LogP contribution in [0.25, 0.3) is 6.08 Å². The van der Waals surface area contributed by atoms with Crippen molar-refractivity contribution in [3.63, 3.8) is 0 Å². The molecule has 0 unspecified atom stereocenters. The van der Waals surface area contributed by atoms with Crippen LogP contribution in [0, 0.1) is 0 Å². The average Bonchev–Trinajstić information content (AvgIpc) is 2.44. The van der Waals surface area contributed by atoms with Crippen molar-refractivity contribution in [2.75, 3.05) is 19.3 Å². The molecule has 104 valence electrons. The molecule has 0 aliphatic heterocycles. The molecule has 3 heteroatoms. The zero-order chi connectivity index (χ0) is 14.4. The molecule has 0 atom stereocenters. The second kappa shape index (κ2) is 7.13. The zero-order valence-electron chi connectivity index (χ0n) is 11.6. The number of hydrogen-bond acceptors (Lipinski definition) is 2. The van der Waals surface area contributed by atoms with E-state index in [9.17, 15) is 0 Å². The van der Waals surface area contributed by atoms with Crippen LogP contribution in [0.1, 0.15) is 11.1 Å². The van der Waals surface area contributed by atoms with Crippen molar-refractivity contribution in [2.24, 2.45) is 0 Å². The minimum absolute atomic E-state index is 0.763. The molecule has 2 aromatic carbocycles. The molecule has 0 fully saturated rings. The van der Waals surface area contributed by atoms with Gasteiger partial charge in [-0.15, -0.1) is 0 Å². The highest BCUT2D eigenvalue weighted by atomic mass is 35.5. The SMILES string of the molecule is CN(C/C=C/c1ccc(Cl)cc1)Cc1ccccc1N. The quantitative estimate of drug-likeness (QED) is 0.840. The van der Waals surface area contributed by atoms with Crippen molar-refractivity contribution in [1.29, 1.82) is 0 Å². The fourth-order valence-corrected chi connectivity index (χ4v) is 2.10. The van der Waals surface area contributed by atoms with Gasteiger partial charge in [0, 0.05) is 23.8 Å². The Morgan fingerprint density at radius 2 is 1.80 bits per heavy atom. The molecular weight excluding hydrogens is 268 g/mol. The summed E-state index contributed by atoms with van der Waals surface area (Å²) in [5.74, 6) is 0. The van der Waals surface area contributed by atoms with Crippen LogP contribution < -0.4 is 5.73 Å². The third-order valence-electron chi connectivity index (χ3n) is 3.09. The maximum atomic E-state index is 5.95. The molecule has 0 aliphatic rings. The number of hydrogen-bond donors (Lipinski definition) is 1. The first kappa shape index (κ1) is 14.6. The van der Waals surface area contributed by atoms with Crippen molar-refractivity contribution >= 4 is 23.4 Å². The molecule has 0 bridgehead atoms. The Morgan fingerprint density at radius 1 is 1.10 bits per heavy atom. The summed E-state index contributed by atoms with van der Waals surface area (Å²) in [6.07, 6.45) is 4.24. The van der Waals surface area contributed by atoms with E-state index in [4.69, 9.17) is 17.3 Å². The molecule has 0 aromatic heterocycles.